The van der Waals surface area contributed by atoms with E-state index >= 15 is 0 Å². The van der Waals surface area contributed by atoms with Gasteiger partial charge in [-0.05, 0) is 19.6 Å². The van der Waals surface area contributed by atoms with E-state index < -0.39 is 8.32 Å². The first-order chi connectivity index (χ1) is 17.1. The van der Waals surface area contributed by atoms with E-state index in [9.17, 15) is 0 Å². The highest BCUT2D eigenvalue weighted by molar-refractivity contribution is 9.09. The quantitative estimate of drug-likeness (QED) is 0.0703. The van der Waals surface area contributed by atoms with Crippen LogP contribution < -0.4 is 0 Å². The van der Waals surface area contributed by atoms with E-state index in [-0.39, 0.29) is 0 Å². The first-order valence-electron chi connectivity index (χ1n) is 12.5. The highest BCUT2D eigenvalue weighted by Gasteiger charge is 2.12. The van der Waals surface area contributed by atoms with Gasteiger partial charge in [0.15, 0.2) is 8.32 Å². The maximum absolute atomic E-state index is 5.71. The molecule has 0 rings (SSSR count). The molecule has 12 heteroatoms. The van der Waals surface area contributed by atoms with Crippen LogP contribution in [0.5, 0.6) is 0 Å². The maximum atomic E-state index is 5.71. The van der Waals surface area contributed by atoms with E-state index in [0.717, 1.165) is 5.33 Å². The van der Waals surface area contributed by atoms with E-state index in [2.05, 4.69) is 35.6 Å². The van der Waals surface area contributed by atoms with Gasteiger partial charge in [-0.1, -0.05) is 15.9 Å². The third kappa shape index (κ3) is 34.3. The van der Waals surface area contributed by atoms with Crippen LogP contribution in [0.4, 0.5) is 0 Å². The van der Waals surface area contributed by atoms with Gasteiger partial charge in [-0.3, -0.25) is 0 Å². The van der Waals surface area contributed by atoms with Crippen molar-refractivity contribution < 1.29 is 47.1 Å². The minimum atomic E-state index is -1.44. The highest BCUT2D eigenvalue weighted by atomic mass is 79.9. The summed E-state index contributed by atoms with van der Waals surface area (Å²) in [7, 11) is -1.44. The summed E-state index contributed by atoms with van der Waals surface area (Å²) in [5.74, 6) is 0. The van der Waals surface area contributed by atoms with Crippen molar-refractivity contribution in [2.75, 3.05) is 131 Å². The van der Waals surface area contributed by atoms with Gasteiger partial charge in [-0.15, -0.1) is 0 Å². The molecule has 0 amide bonds. The van der Waals surface area contributed by atoms with Gasteiger partial charge in [0, 0.05) is 5.33 Å². The van der Waals surface area contributed by atoms with Crippen molar-refractivity contribution in [3.8, 4) is 0 Å². The van der Waals surface area contributed by atoms with E-state index in [0.29, 0.717) is 126 Å². The van der Waals surface area contributed by atoms with Crippen molar-refractivity contribution in [3.63, 3.8) is 0 Å². The van der Waals surface area contributed by atoms with Crippen LogP contribution in [0.1, 0.15) is 0 Å². The number of ether oxygens (including phenoxy) is 9. The monoisotopic (exact) mass is 592 g/mol. The van der Waals surface area contributed by atoms with Crippen LogP contribution in [0.3, 0.4) is 0 Å². The Morgan fingerprint density at radius 3 is 0.743 bits per heavy atom. The molecule has 0 saturated carbocycles. The van der Waals surface area contributed by atoms with Crippen LogP contribution in [0, 0.1) is 0 Å². The molecule has 0 aromatic rings. The van der Waals surface area contributed by atoms with Crippen LogP contribution in [0.15, 0.2) is 0 Å². The molecule has 0 aromatic heterocycles. The van der Waals surface area contributed by atoms with Crippen LogP contribution >= 0.6 is 15.9 Å². The Morgan fingerprint density at radius 2 is 0.543 bits per heavy atom. The largest absolute Gasteiger partial charge is 0.415 e. The molecule has 0 aromatic carbocycles. The molecule has 0 fully saturated rings. The van der Waals surface area contributed by atoms with Crippen molar-refractivity contribution in [1.82, 2.24) is 0 Å². The molecule has 212 valence electrons. The summed E-state index contributed by atoms with van der Waals surface area (Å²) in [4.78, 5) is 0. The molecule has 0 aliphatic rings. The fourth-order valence-electron chi connectivity index (χ4n) is 2.32. The van der Waals surface area contributed by atoms with E-state index in [1.54, 1.807) is 0 Å². The summed E-state index contributed by atoms with van der Waals surface area (Å²) in [6, 6.07) is 0. The lowest BCUT2D eigenvalue weighted by molar-refractivity contribution is -0.0252. The third-order valence-corrected chi connectivity index (χ3v) is 5.35. The third-order valence-electron chi connectivity index (χ3n) is 3.96. The lowest BCUT2D eigenvalue weighted by Gasteiger charge is -2.16. The standard InChI is InChI=1S/C23H49BrO10Si/c1-35(2,3)34-23-22-33-21-20-32-19-18-31-17-16-30-15-14-29-13-12-28-11-10-27-9-8-26-7-6-25-5-4-24/h4-23H2,1-3H3. The van der Waals surface area contributed by atoms with Crippen molar-refractivity contribution in [2.45, 2.75) is 19.6 Å². The van der Waals surface area contributed by atoms with Crippen LogP contribution in [0.25, 0.3) is 0 Å². The smallest absolute Gasteiger partial charge is 0.183 e. The Hall–Kier alpha value is 0.297. The van der Waals surface area contributed by atoms with Crippen LogP contribution in [-0.4, -0.2) is 139 Å². The highest BCUT2D eigenvalue weighted by Crippen LogP contribution is 2.01. The molecule has 0 N–H and O–H groups in total. The van der Waals surface area contributed by atoms with Crippen molar-refractivity contribution in [1.29, 1.82) is 0 Å². The Labute approximate surface area is 221 Å². The SMILES string of the molecule is C[Si](C)(C)OCCOCCOCCOCCOCCOCCOCCOCCOCCOCCBr. The molecule has 0 bridgehead atoms. The molecule has 35 heavy (non-hydrogen) atoms. The molecule has 0 heterocycles. The van der Waals surface area contributed by atoms with E-state index in [4.69, 9.17) is 47.1 Å². The van der Waals surface area contributed by atoms with Gasteiger partial charge >= 0.3 is 0 Å². The fourth-order valence-corrected chi connectivity index (χ4v) is 3.25. The molecule has 0 saturated heterocycles. The molecule has 10 nitrogen and oxygen atoms in total. The predicted molar refractivity (Wildman–Crippen MR) is 140 cm³/mol. The molecule has 0 unspecified atom stereocenters. The van der Waals surface area contributed by atoms with Gasteiger partial charge in [-0.2, -0.15) is 0 Å². The zero-order valence-corrected chi connectivity index (χ0v) is 24.7. The molecular formula is C23H49BrO10Si. The Kier molecular flexibility index (Phi) is 29.1. The van der Waals surface area contributed by atoms with E-state index in [1.807, 2.05) is 0 Å². The number of halogens is 1. The maximum Gasteiger partial charge on any atom is 0.183 e. The molecular weight excluding hydrogens is 544 g/mol. The normalized spacial score (nSPS) is 12.0. The van der Waals surface area contributed by atoms with Crippen molar-refractivity contribution in [3.05, 3.63) is 0 Å². The summed E-state index contributed by atoms with van der Waals surface area (Å²) in [6.07, 6.45) is 0. The minimum Gasteiger partial charge on any atom is -0.415 e. The van der Waals surface area contributed by atoms with Gasteiger partial charge < -0.3 is 47.1 Å². The van der Waals surface area contributed by atoms with Gasteiger partial charge in [0.1, 0.15) is 0 Å². The lowest BCUT2D eigenvalue weighted by atomic mass is 10.6. The summed E-state index contributed by atoms with van der Waals surface area (Å²) >= 11 is 3.30. The zero-order valence-electron chi connectivity index (χ0n) is 22.1. The van der Waals surface area contributed by atoms with Gasteiger partial charge in [0.2, 0.25) is 0 Å². The number of rotatable bonds is 30. The molecule has 0 atom stereocenters. The average Bonchev–Trinajstić information content (AvgIpc) is 2.82. The summed E-state index contributed by atoms with van der Waals surface area (Å²) in [6.45, 7) is 17.2. The second-order valence-corrected chi connectivity index (χ2v) is 13.5. The fraction of sp³-hybridized carbons (Fsp3) is 1.00. The molecule has 0 aliphatic carbocycles. The Bertz CT molecular complexity index is 405. The summed E-state index contributed by atoms with van der Waals surface area (Å²) in [5, 5.41) is 0.842. The van der Waals surface area contributed by atoms with Crippen molar-refractivity contribution >= 4 is 24.2 Å². The van der Waals surface area contributed by atoms with Gasteiger partial charge in [0.05, 0.1) is 126 Å². The average molecular weight is 594 g/mol. The Balaban J connectivity index is 3.03. The molecule has 0 aliphatic heterocycles. The van der Waals surface area contributed by atoms with Crippen LogP contribution in [-0.2, 0) is 47.1 Å². The van der Waals surface area contributed by atoms with Crippen LogP contribution in [0.2, 0.25) is 19.6 Å². The first-order valence-corrected chi connectivity index (χ1v) is 17.0. The Morgan fingerprint density at radius 1 is 0.343 bits per heavy atom. The number of hydrogen-bond donors (Lipinski definition) is 0. The first kappa shape index (κ1) is 35.3. The van der Waals surface area contributed by atoms with Crippen molar-refractivity contribution in [2.24, 2.45) is 0 Å². The number of alkyl halides is 1. The second kappa shape index (κ2) is 28.9. The lowest BCUT2D eigenvalue weighted by Crippen LogP contribution is -2.27. The molecule has 0 spiro atoms. The van der Waals surface area contributed by atoms with Gasteiger partial charge in [0.25, 0.3) is 0 Å². The summed E-state index contributed by atoms with van der Waals surface area (Å²) < 4.78 is 54.5. The topological polar surface area (TPSA) is 92.3 Å². The number of hydrogen-bond acceptors (Lipinski definition) is 10. The predicted octanol–water partition coefficient (Wildman–Crippen LogP) is 2.38. The van der Waals surface area contributed by atoms with Gasteiger partial charge in [-0.25, -0.2) is 0 Å². The molecule has 0 radical (unpaired) electrons. The minimum absolute atomic E-state index is 0.530. The summed E-state index contributed by atoms with van der Waals surface area (Å²) in [5.41, 5.74) is 0. The van der Waals surface area contributed by atoms with E-state index in [1.165, 1.54) is 0 Å². The zero-order chi connectivity index (χ0) is 25.7. The second-order valence-electron chi connectivity index (χ2n) is 8.16.